The summed E-state index contributed by atoms with van der Waals surface area (Å²) in [4.78, 5) is 0. The van der Waals surface area contributed by atoms with Crippen LogP contribution in [-0.4, -0.2) is 36.1 Å². The molecular weight excluding hydrogens is 624 g/mol. The predicted molar refractivity (Wildman–Crippen MR) is 194 cm³/mol. The average Bonchev–Trinajstić information content (AvgIpc) is 3.17. The third kappa shape index (κ3) is 8.30. The Labute approximate surface area is 293 Å². The fourth-order valence-electron chi connectivity index (χ4n) is 6.60. The van der Waals surface area contributed by atoms with Gasteiger partial charge in [0.05, 0.1) is 33.0 Å². The smallest absolute Gasteiger partial charge is 0.122 e. The van der Waals surface area contributed by atoms with Gasteiger partial charge in [0.25, 0.3) is 0 Å². The zero-order valence-electron chi connectivity index (χ0n) is 27.9. The summed E-state index contributed by atoms with van der Waals surface area (Å²) in [6.07, 6.45) is -3.06. The van der Waals surface area contributed by atoms with E-state index in [1.54, 1.807) is 6.07 Å². The van der Waals surface area contributed by atoms with E-state index < -0.39 is 30.5 Å². The molecule has 1 saturated heterocycles. The lowest BCUT2D eigenvalue weighted by Gasteiger charge is -2.46. The van der Waals surface area contributed by atoms with Crippen molar-refractivity contribution in [3.05, 3.63) is 186 Å². The van der Waals surface area contributed by atoms with Gasteiger partial charge in [-0.1, -0.05) is 152 Å². The molecule has 7 rings (SSSR count). The molecule has 0 aromatic heterocycles. The Morgan fingerprint density at radius 2 is 0.920 bits per heavy atom. The molecule has 0 bridgehead atoms. The van der Waals surface area contributed by atoms with Gasteiger partial charge in [-0.3, -0.25) is 0 Å². The van der Waals surface area contributed by atoms with Gasteiger partial charge >= 0.3 is 0 Å². The van der Waals surface area contributed by atoms with Crippen LogP contribution in [0.15, 0.2) is 158 Å². The van der Waals surface area contributed by atoms with Crippen molar-refractivity contribution in [2.24, 2.45) is 0 Å². The Hall–Kier alpha value is -4.82. The Morgan fingerprint density at radius 1 is 0.460 bits per heavy atom. The highest BCUT2D eigenvalue weighted by atomic mass is 16.6. The quantitative estimate of drug-likeness (QED) is 0.125. The van der Waals surface area contributed by atoms with Crippen LogP contribution in [0.25, 0.3) is 10.8 Å². The lowest BCUT2D eigenvalue weighted by Crippen LogP contribution is -2.58. The second kappa shape index (κ2) is 16.7. The molecule has 1 aliphatic heterocycles. The molecule has 6 heteroatoms. The van der Waals surface area contributed by atoms with Crippen LogP contribution >= 0.6 is 0 Å². The van der Waals surface area contributed by atoms with Gasteiger partial charge < -0.3 is 28.8 Å². The van der Waals surface area contributed by atoms with E-state index in [0.29, 0.717) is 32.0 Å². The van der Waals surface area contributed by atoms with Crippen LogP contribution in [0.2, 0.25) is 0 Å². The number of hydrogen-bond donors (Lipinski definition) is 1. The SMILES string of the molecule is Oc1ccc2ccccc2c1[C@@H]1O[C@H](COCc2ccccc2)[C@@H](OCc2ccccc2)[C@H](OCc2ccccc2)[C@@H]1OCc1ccccc1. The highest BCUT2D eigenvalue weighted by Crippen LogP contribution is 2.44. The molecule has 254 valence electrons. The summed E-state index contributed by atoms with van der Waals surface area (Å²) < 4.78 is 34.0. The van der Waals surface area contributed by atoms with E-state index in [-0.39, 0.29) is 12.4 Å². The topological polar surface area (TPSA) is 66.4 Å². The van der Waals surface area contributed by atoms with Gasteiger partial charge in [0.2, 0.25) is 0 Å². The minimum absolute atomic E-state index is 0.136. The zero-order chi connectivity index (χ0) is 34.0. The first-order valence-electron chi connectivity index (χ1n) is 17.2. The number of hydrogen-bond acceptors (Lipinski definition) is 6. The molecule has 0 saturated carbocycles. The number of aromatic hydroxyl groups is 1. The van der Waals surface area contributed by atoms with Gasteiger partial charge in [-0.15, -0.1) is 0 Å². The van der Waals surface area contributed by atoms with Crippen molar-refractivity contribution in [2.75, 3.05) is 6.61 Å². The number of ether oxygens (including phenoxy) is 5. The number of benzene rings is 6. The third-order valence-electron chi connectivity index (χ3n) is 9.12. The Balaban J connectivity index is 1.29. The predicted octanol–water partition coefficient (Wildman–Crippen LogP) is 8.96. The molecule has 0 amide bonds. The summed E-state index contributed by atoms with van der Waals surface area (Å²) >= 11 is 0. The van der Waals surface area contributed by atoms with E-state index >= 15 is 0 Å². The molecule has 6 aromatic carbocycles. The average molecular weight is 667 g/mol. The van der Waals surface area contributed by atoms with Crippen molar-refractivity contribution in [3.63, 3.8) is 0 Å². The van der Waals surface area contributed by atoms with Crippen molar-refractivity contribution < 1.29 is 28.8 Å². The first-order valence-corrected chi connectivity index (χ1v) is 17.2. The standard InChI is InChI=1S/C44H42O6/c45-38-26-25-36-23-13-14-24-37(36)40(38)42-44(49-30-35-21-11-4-12-22-35)43(48-29-34-19-9-3-10-20-34)41(47-28-33-17-7-2-8-18-33)39(50-42)31-46-27-32-15-5-1-6-16-32/h1-26,39,41-45H,27-31H2/t39-,41-,42+,43+,44-/m1/s1. The monoisotopic (exact) mass is 666 g/mol. The first kappa shape index (κ1) is 33.7. The molecule has 0 radical (unpaired) electrons. The first-order chi connectivity index (χ1) is 24.7. The molecule has 50 heavy (non-hydrogen) atoms. The zero-order valence-corrected chi connectivity index (χ0v) is 27.9. The molecule has 0 unspecified atom stereocenters. The summed E-state index contributed by atoms with van der Waals surface area (Å²) in [6.45, 7) is 1.67. The molecule has 0 spiro atoms. The third-order valence-corrected chi connectivity index (χ3v) is 9.12. The number of rotatable bonds is 14. The summed E-state index contributed by atoms with van der Waals surface area (Å²) in [6, 6.07) is 52.0. The molecule has 1 heterocycles. The van der Waals surface area contributed by atoms with Crippen LogP contribution in [0.4, 0.5) is 0 Å². The fraction of sp³-hybridized carbons (Fsp3) is 0.227. The van der Waals surface area contributed by atoms with Crippen LogP contribution in [0.1, 0.15) is 33.9 Å². The minimum atomic E-state index is -0.701. The molecular formula is C44H42O6. The maximum absolute atomic E-state index is 11.5. The summed E-state index contributed by atoms with van der Waals surface area (Å²) in [5, 5.41) is 13.4. The molecule has 1 aliphatic rings. The number of phenolic OH excluding ortho intramolecular Hbond substituents is 1. The Morgan fingerprint density at radius 3 is 1.48 bits per heavy atom. The van der Waals surface area contributed by atoms with Gasteiger partial charge in [-0.25, -0.2) is 0 Å². The van der Waals surface area contributed by atoms with Gasteiger partial charge in [0.15, 0.2) is 0 Å². The molecule has 1 N–H and O–H groups in total. The van der Waals surface area contributed by atoms with E-state index in [1.165, 1.54) is 0 Å². The highest BCUT2D eigenvalue weighted by Gasteiger charge is 2.50. The highest BCUT2D eigenvalue weighted by molar-refractivity contribution is 5.88. The Kier molecular flexibility index (Phi) is 11.3. The minimum Gasteiger partial charge on any atom is -0.508 e. The van der Waals surface area contributed by atoms with Gasteiger partial charge in [-0.05, 0) is 39.1 Å². The molecule has 1 fully saturated rings. The van der Waals surface area contributed by atoms with E-state index in [0.717, 1.165) is 33.0 Å². The van der Waals surface area contributed by atoms with Crippen molar-refractivity contribution in [1.29, 1.82) is 0 Å². The van der Waals surface area contributed by atoms with Crippen molar-refractivity contribution in [2.45, 2.75) is 56.9 Å². The van der Waals surface area contributed by atoms with Crippen molar-refractivity contribution >= 4 is 10.8 Å². The van der Waals surface area contributed by atoms with Crippen LogP contribution in [0.5, 0.6) is 5.75 Å². The molecule has 0 aliphatic carbocycles. The van der Waals surface area contributed by atoms with Crippen LogP contribution in [0.3, 0.4) is 0 Å². The summed E-state index contributed by atoms with van der Waals surface area (Å²) in [7, 11) is 0. The number of phenols is 1. The van der Waals surface area contributed by atoms with Crippen molar-refractivity contribution in [1.82, 2.24) is 0 Å². The van der Waals surface area contributed by atoms with Crippen LogP contribution in [-0.2, 0) is 50.1 Å². The molecule has 5 atom stereocenters. The molecule has 6 aromatic rings. The van der Waals surface area contributed by atoms with Gasteiger partial charge in [0, 0.05) is 5.56 Å². The van der Waals surface area contributed by atoms with Gasteiger partial charge in [0.1, 0.15) is 36.3 Å². The maximum Gasteiger partial charge on any atom is 0.122 e. The lowest BCUT2D eigenvalue weighted by molar-refractivity contribution is -0.275. The second-order valence-electron chi connectivity index (χ2n) is 12.6. The maximum atomic E-state index is 11.5. The van der Waals surface area contributed by atoms with Crippen molar-refractivity contribution in [3.8, 4) is 5.75 Å². The van der Waals surface area contributed by atoms with E-state index in [2.05, 4.69) is 0 Å². The summed E-state index contributed by atoms with van der Waals surface area (Å²) in [5.41, 5.74) is 4.81. The lowest BCUT2D eigenvalue weighted by atomic mass is 9.87. The largest absolute Gasteiger partial charge is 0.508 e. The normalized spacial score (nSPS) is 20.5. The molecule has 6 nitrogen and oxygen atoms in total. The fourth-order valence-corrected chi connectivity index (χ4v) is 6.60. The van der Waals surface area contributed by atoms with E-state index in [9.17, 15) is 5.11 Å². The van der Waals surface area contributed by atoms with Crippen LogP contribution in [0, 0.1) is 0 Å². The number of fused-ring (bicyclic) bond motifs is 1. The summed E-state index contributed by atoms with van der Waals surface area (Å²) in [5.74, 6) is 0.136. The van der Waals surface area contributed by atoms with E-state index in [1.807, 2.05) is 152 Å². The van der Waals surface area contributed by atoms with Crippen LogP contribution < -0.4 is 0 Å². The van der Waals surface area contributed by atoms with E-state index in [4.69, 9.17) is 23.7 Å². The Bertz CT molecular complexity index is 1900. The second-order valence-corrected chi connectivity index (χ2v) is 12.6. The van der Waals surface area contributed by atoms with Gasteiger partial charge in [-0.2, -0.15) is 0 Å².